The molecule has 0 saturated carbocycles. The molecule has 0 aliphatic carbocycles. The van der Waals surface area contributed by atoms with Gasteiger partial charge in [0.1, 0.15) is 10.6 Å². The molecule has 0 radical (unpaired) electrons. The van der Waals surface area contributed by atoms with Crippen LogP contribution in [0.5, 0.6) is 5.75 Å². The van der Waals surface area contributed by atoms with Crippen LogP contribution in [-0.4, -0.2) is 23.9 Å². The highest BCUT2D eigenvalue weighted by Gasteiger charge is 2.20. The third kappa shape index (κ3) is 4.99. The Morgan fingerprint density at radius 3 is 2.13 bits per heavy atom. The van der Waals surface area contributed by atoms with Crippen LogP contribution in [0.1, 0.15) is 0 Å². The first kappa shape index (κ1) is 22.2. The van der Waals surface area contributed by atoms with Gasteiger partial charge in [0.2, 0.25) is 0 Å². The number of rotatable bonds is 7. The van der Waals surface area contributed by atoms with E-state index in [2.05, 4.69) is 9.44 Å². The highest BCUT2D eigenvalue weighted by atomic mass is 35.5. The first-order valence-electron chi connectivity index (χ1n) is 8.36. The molecule has 11 heteroatoms. The quantitative estimate of drug-likeness (QED) is 0.507. The van der Waals surface area contributed by atoms with Crippen LogP contribution < -0.4 is 14.2 Å². The van der Waals surface area contributed by atoms with Crippen molar-refractivity contribution in [1.82, 2.24) is 0 Å². The molecule has 0 aliphatic heterocycles. The van der Waals surface area contributed by atoms with Crippen LogP contribution in [0.4, 0.5) is 11.4 Å². The molecular weight excluding hydrogens is 471 g/mol. The van der Waals surface area contributed by atoms with Crippen molar-refractivity contribution in [2.75, 3.05) is 16.6 Å². The second-order valence-corrected chi connectivity index (χ2v) is 10.2. The maximum Gasteiger partial charge on any atom is 0.263 e. The zero-order chi connectivity index (χ0) is 21.9. The fourth-order valence-corrected chi connectivity index (χ4v) is 5.42. The molecule has 0 spiro atoms. The Morgan fingerprint density at radius 2 is 1.47 bits per heavy atom. The van der Waals surface area contributed by atoms with E-state index in [1.165, 1.54) is 49.6 Å². The summed E-state index contributed by atoms with van der Waals surface area (Å²) in [6.07, 6.45) is 0. The fourth-order valence-electron chi connectivity index (χ4n) is 2.53. The summed E-state index contributed by atoms with van der Waals surface area (Å²) in [7, 11) is -6.51. The first-order chi connectivity index (χ1) is 14.1. The van der Waals surface area contributed by atoms with Gasteiger partial charge in [0.25, 0.3) is 20.0 Å². The maximum atomic E-state index is 12.6. The zero-order valence-corrected chi connectivity index (χ0v) is 18.6. The lowest BCUT2D eigenvalue weighted by Crippen LogP contribution is -2.15. The van der Waals surface area contributed by atoms with E-state index in [1.807, 2.05) is 0 Å². The topological polar surface area (TPSA) is 102 Å². The Hall–Kier alpha value is -2.46. The molecular formula is C19H16Cl2N2O5S2. The molecule has 0 bridgehead atoms. The predicted octanol–water partition coefficient (Wildman–Crippen LogP) is 4.60. The van der Waals surface area contributed by atoms with Crippen molar-refractivity contribution in [2.24, 2.45) is 0 Å². The standard InChI is InChI=1S/C19H16Cl2N2O5S2/c1-28-18-5-3-2-4-17(18)23-29(24,25)15-9-7-14(8-10-15)22-30(26,27)19-12-13(20)6-11-16(19)21/h2-12,22-23H,1H3. The Morgan fingerprint density at radius 1 is 0.800 bits per heavy atom. The van der Waals surface area contributed by atoms with Crippen LogP contribution in [0.15, 0.2) is 76.5 Å². The number of para-hydroxylation sites is 2. The highest BCUT2D eigenvalue weighted by Crippen LogP contribution is 2.28. The van der Waals surface area contributed by atoms with Crippen LogP contribution in [-0.2, 0) is 20.0 Å². The largest absolute Gasteiger partial charge is 0.495 e. The fraction of sp³-hybridized carbons (Fsp3) is 0.0526. The molecule has 0 unspecified atom stereocenters. The van der Waals surface area contributed by atoms with Gasteiger partial charge in [-0.05, 0) is 54.6 Å². The number of benzene rings is 3. The summed E-state index contributed by atoms with van der Waals surface area (Å²) in [6, 6.07) is 15.8. The van der Waals surface area contributed by atoms with E-state index in [0.29, 0.717) is 5.75 Å². The SMILES string of the molecule is COc1ccccc1NS(=O)(=O)c1ccc(NS(=O)(=O)c2cc(Cl)ccc2Cl)cc1. The van der Waals surface area contributed by atoms with Gasteiger partial charge in [-0.1, -0.05) is 35.3 Å². The molecule has 3 aromatic rings. The van der Waals surface area contributed by atoms with Crippen LogP contribution in [0, 0.1) is 0 Å². The molecule has 0 amide bonds. The molecule has 0 atom stereocenters. The third-order valence-electron chi connectivity index (χ3n) is 3.95. The number of methoxy groups -OCH3 is 1. The van der Waals surface area contributed by atoms with Crippen LogP contribution in [0.25, 0.3) is 0 Å². The molecule has 0 aromatic heterocycles. The Bertz CT molecular complexity index is 1280. The third-order valence-corrected chi connectivity index (χ3v) is 7.43. The first-order valence-corrected chi connectivity index (χ1v) is 12.1. The van der Waals surface area contributed by atoms with E-state index >= 15 is 0 Å². The molecule has 7 nitrogen and oxygen atoms in total. The summed E-state index contributed by atoms with van der Waals surface area (Å²) < 4.78 is 60.3. The normalized spacial score (nSPS) is 11.7. The molecule has 3 rings (SSSR count). The predicted molar refractivity (Wildman–Crippen MR) is 118 cm³/mol. The van der Waals surface area contributed by atoms with Crippen LogP contribution >= 0.6 is 23.2 Å². The van der Waals surface area contributed by atoms with Gasteiger partial charge in [-0.2, -0.15) is 0 Å². The minimum atomic E-state index is -4.02. The van der Waals surface area contributed by atoms with Crippen molar-refractivity contribution in [3.05, 3.63) is 76.8 Å². The van der Waals surface area contributed by atoms with E-state index in [0.717, 1.165) is 0 Å². The number of ether oxygens (including phenoxy) is 1. The summed E-state index contributed by atoms with van der Waals surface area (Å²) in [5.41, 5.74) is 0.433. The van der Waals surface area contributed by atoms with E-state index in [9.17, 15) is 16.8 Å². The molecule has 0 saturated heterocycles. The number of hydrogen-bond acceptors (Lipinski definition) is 5. The minimum absolute atomic E-state index is 0.00658. The lowest BCUT2D eigenvalue weighted by atomic mass is 10.3. The van der Waals surface area contributed by atoms with E-state index in [1.54, 1.807) is 24.3 Å². The van der Waals surface area contributed by atoms with E-state index in [4.69, 9.17) is 27.9 Å². The second-order valence-electron chi connectivity index (χ2n) is 6.01. The van der Waals surface area contributed by atoms with E-state index in [-0.39, 0.29) is 31.2 Å². The van der Waals surface area contributed by atoms with Gasteiger partial charge in [0.05, 0.1) is 22.7 Å². The van der Waals surface area contributed by atoms with E-state index < -0.39 is 20.0 Å². The monoisotopic (exact) mass is 486 g/mol. The summed E-state index contributed by atoms with van der Waals surface area (Å²) in [5.74, 6) is 0.365. The zero-order valence-electron chi connectivity index (χ0n) is 15.5. The van der Waals surface area contributed by atoms with Crippen molar-refractivity contribution in [2.45, 2.75) is 9.79 Å². The van der Waals surface area contributed by atoms with Gasteiger partial charge in [0.15, 0.2) is 0 Å². The molecule has 0 aliphatic rings. The maximum absolute atomic E-state index is 12.6. The van der Waals surface area contributed by atoms with Gasteiger partial charge in [-0.15, -0.1) is 0 Å². The minimum Gasteiger partial charge on any atom is -0.495 e. The smallest absolute Gasteiger partial charge is 0.263 e. The molecule has 30 heavy (non-hydrogen) atoms. The summed E-state index contributed by atoms with van der Waals surface area (Å²) in [4.78, 5) is -0.247. The average Bonchev–Trinajstić information content (AvgIpc) is 2.70. The van der Waals surface area contributed by atoms with Crippen molar-refractivity contribution in [3.63, 3.8) is 0 Å². The van der Waals surface area contributed by atoms with Gasteiger partial charge >= 0.3 is 0 Å². The number of hydrogen-bond donors (Lipinski definition) is 2. The van der Waals surface area contributed by atoms with Crippen LogP contribution in [0.2, 0.25) is 10.0 Å². The highest BCUT2D eigenvalue weighted by molar-refractivity contribution is 7.93. The average molecular weight is 487 g/mol. The summed E-state index contributed by atoms with van der Waals surface area (Å²) >= 11 is 11.8. The van der Waals surface area contributed by atoms with Gasteiger partial charge in [-0.25, -0.2) is 16.8 Å². The van der Waals surface area contributed by atoms with Crippen LogP contribution in [0.3, 0.4) is 0 Å². The van der Waals surface area contributed by atoms with Crippen molar-refractivity contribution < 1.29 is 21.6 Å². The molecule has 158 valence electrons. The molecule has 2 N–H and O–H groups in total. The lowest BCUT2D eigenvalue weighted by Gasteiger charge is -2.13. The van der Waals surface area contributed by atoms with Crippen molar-refractivity contribution in [1.29, 1.82) is 0 Å². The number of nitrogens with one attached hydrogen (secondary N) is 2. The van der Waals surface area contributed by atoms with Gasteiger partial charge in [-0.3, -0.25) is 9.44 Å². The summed E-state index contributed by atoms with van der Waals surface area (Å²) in [5, 5.41) is 0.218. The van der Waals surface area contributed by atoms with Gasteiger partial charge < -0.3 is 4.74 Å². The number of halogens is 2. The Kier molecular flexibility index (Phi) is 6.47. The molecule has 0 fully saturated rings. The molecule has 3 aromatic carbocycles. The lowest BCUT2D eigenvalue weighted by molar-refractivity contribution is 0.417. The summed E-state index contributed by atoms with van der Waals surface area (Å²) in [6.45, 7) is 0. The second kappa shape index (κ2) is 8.73. The Labute approximate surface area is 184 Å². The number of anilines is 2. The van der Waals surface area contributed by atoms with Crippen molar-refractivity contribution >= 4 is 54.6 Å². The van der Waals surface area contributed by atoms with Gasteiger partial charge in [0, 0.05) is 10.7 Å². The Balaban J connectivity index is 1.83. The number of sulfonamides is 2. The molecule has 0 heterocycles. The van der Waals surface area contributed by atoms with Crippen molar-refractivity contribution in [3.8, 4) is 5.75 Å².